The maximum absolute atomic E-state index is 5.53. The standard InChI is InChI=1S/C21H22N2O3S/c1-24-16-10-13(11-17(25-2)20(16)26-3)18-15-9-8-12-6-4-5-7-14(12)19(15)23-21(27)22-18/h4-7,10-11,18H,8-9H2,1-3H3,(H2,22,23,27)/t18-/m0/s1. The number of methoxy groups -OCH3 is 3. The Labute approximate surface area is 164 Å². The van der Waals surface area contributed by atoms with Gasteiger partial charge in [-0.2, -0.15) is 0 Å². The SMILES string of the molecule is COc1cc([C@@H]2NC(=S)NC3=C2CCc2ccccc23)cc(OC)c1OC. The fourth-order valence-corrected chi connectivity index (χ4v) is 4.13. The second kappa shape index (κ2) is 7.12. The molecule has 0 saturated heterocycles. The smallest absolute Gasteiger partial charge is 0.203 e. The van der Waals surface area contributed by atoms with Gasteiger partial charge in [-0.25, -0.2) is 0 Å². The van der Waals surface area contributed by atoms with E-state index >= 15 is 0 Å². The van der Waals surface area contributed by atoms with Gasteiger partial charge in [-0.15, -0.1) is 0 Å². The molecule has 0 aromatic heterocycles. The minimum atomic E-state index is -0.0455. The summed E-state index contributed by atoms with van der Waals surface area (Å²) >= 11 is 5.51. The predicted octanol–water partition coefficient (Wildman–Crippen LogP) is 3.59. The lowest BCUT2D eigenvalue weighted by atomic mass is 9.83. The fourth-order valence-electron chi connectivity index (χ4n) is 3.91. The molecule has 0 radical (unpaired) electrons. The predicted molar refractivity (Wildman–Crippen MR) is 109 cm³/mol. The lowest BCUT2D eigenvalue weighted by Crippen LogP contribution is -2.44. The van der Waals surface area contributed by atoms with Crippen LogP contribution in [-0.4, -0.2) is 26.4 Å². The summed E-state index contributed by atoms with van der Waals surface area (Å²) in [7, 11) is 4.86. The van der Waals surface area contributed by atoms with Crippen LogP contribution in [0.15, 0.2) is 42.0 Å². The molecule has 0 fully saturated rings. The highest BCUT2D eigenvalue weighted by molar-refractivity contribution is 7.80. The van der Waals surface area contributed by atoms with E-state index in [-0.39, 0.29) is 6.04 Å². The van der Waals surface area contributed by atoms with E-state index in [4.69, 9.17) is 26.4 Å². The lowest BCUT2D eigenvalue weighted by molar-refractivity contribution is 0.323. The third-order valence-corrected chi connectivity index (χ3v) is 5.37. The molecule has 0 amide bonds. The molecule has 0 unspecified atom stereocenters. The van der Waals surface area contributed by atoms with Crippen LogP contribution in [0.5, 0.6) is 17.2 Å². The van der Waals surface area contributed by atoms with Crippen LogP contribution >= 0.6 is 12.2 Å². The van der Waals surface area contributed by atoms with Gasteiger partial charge in [0.2, 0.25) is 5.75 Å². The Morgan fingerprint density at radius 2 is 1.67 bits per heavy atom. The van der Waals surface area contributed by atoms with Crippen molar-refractivity contribution >= 4 is 23.0 Å². The zero-order valence-electron chi connectivity index (χ0n) is 15.6. The number of nitrogens with one attached hydrogen (secondary N) is 2. The van der Waals surface area contributed by atoms with E-state index in [2.05, 4.69) is 34.9 Å². The van der Waals surface area contributed by atoms with Crippen molar-refractivity contribution in [2.75, 3.05) is 21.3 Å². The van der Waals surface area contributed by atoms with Crippen LogP contribution in [0.3, 0.4) is 0 Å². The number of aryl methyl sites for hydroxylation is 1. The summed E-state index contributed by atoms with van der Waals surface area (Å²) in [4.78, 5) is 0. The molecule has 1 atom stereocenters. The Hall–Kier alpha value is -2.73. The van der Waals surface area contributed by atoms with E-state index < -0.39 is 0 Å². The first-order chi connectivity index (χ1) is 13.2. The second-order valence-electron chi connectivity index (χ2n) is 6.55. The minimum absolute atomic E-state index is 0.0455. The van der Waals surface area contributed by atoms with Crippen molar-refractivity contribution in [2.45, 2.75) is 18.9 Å². The summed E-state index contributed by atoms with van der Waals surface area (Å²) in [5.74, 6) is 1.86. The van der Waals surface area contributed by atoms with Gasteiger partial charge in [0.1, 0.15) is 0 Å². The molecule has 27 heavy (non-hydrogen) atoms. The molecule has 0 saturated carbocycles. The van der Waals surface area contributed by atoms with Gasteiger partial charge in [-0.05, 0) is 53.9 Å². The molecule has 2 aromatic carbocycles. The van der Waals surface area contributed by atoms with E-state index in [0.717, 1.165) is 24.1 Å². The van der Waals surface area contributed by atoms with Gasteiger partial charge in [-0.3, -0.25) is 0 Å². The van der Waals surface area contributed by atoms with Gasteiger partial charge in [0, 0.05) is 11.3 Å². The van der Waals surface area contributed by atoms with Crippen molar-refractivity contribution in [3.63, 3.8) is 0 Å². The zero-order valence-corrected chi connectivity index (χ0v) is 16.4. The number of thiocarbonyl (C=S) groups is 1. The molecule has 1 heterocycles. The second-order valence-corrected chi connectivity index (χ2v) is 6.96. The van der Waals surface area contributed by atoms with Crippen LogP contribution in [-0.2, 0) is 6.42 Å². The Morgan fingerprint density at radius 3 is 2.33 bits per heavy atom. The zero-order chi connectivity index (χ0) is 19.0. The van der Waals surface area contributed by atoms with Gasteiger partial charge in [0.05, 0.1) is 27.4 Å². The average molecular weight is 382 g/mol. The van der Waals surface area contributed by atoms with E-state index in [0.29, 0.717) is 22.4 Å². The molecule has 5 nitrogen and oxygen atoms in total. The molecule has 140 valence electrons. The van der Waals surface area contributed by atoms with Gasteiger partial charge >= 0.3 is 0 Å². The fraction of sp³-hybridized carbons (Fsp3) is 0.286. The van der Waals surface area contributed by atoms with E-state index in [9.17, 15) is 0 Å². The average Bonchev–Trinajstić information content (AvgIpc) is 2.71. The van der Waals surface area contributed by atoms with Crippen LogP contribution in [0.2, 0.25) is 0 Å². The van der Waals surface area contributed by atoms with E-state index in [1.54, 1.807) is 21.3 Å². The van der Waals surface area contributed by atoms with Crippen molar-refractivity contribution in [1.82, 2.24) is 10.6 Å². The van der Waals surface area contributed by atoms with E-state index in [1.807, 2.05) is 12.1 Å². The van der Waals surface area contributed by atoms with Crippen molar-refractivity contribution < 1.29 is 14.2 Å². The van der Waals surface area contributed by atoms with Crippen molar-refractivity contribution in [3.8, 4) is 17.2 Å². The normalized spacial score (nSPS) is 18.0. The van der Waals surface area contributed by atoms with Crippen LogP contribution in [0.4, 0.5) is 0 Å². The van der Waals surface area contributed by atoms with Crippen LogP contribution < -0.4 is 24.8 Å². The van der Waals surface area contributed by atoms with Crippen molar-refractivity contribution in [1.29, 1.82) is 0 Å². The van der Waals surface area contributed by atoms with Crippen molar-refractivity contribution in [2.24, 2.45) is 0 Å². The molecule has 0 spiro atoms. The number of ether oxygens (including phenoxy) is 3. The summed E-state index contributed by atoms with van der Waals surface area (Å²) < 4.78 is 16.5. The molecule has 1 aliphatic heterocycles. The monoisotopic (exact) mass is 382 g/mol. The molecule has 2 aliphatic rings. The van der Waals surface area contributed by atoms with Crippen LogP contribution in [0.1, 0.15) is 29.2 Å². The first-order valence-corrected chi connectivity index (χ1v) is 9.25. The number of benzene rings is 2. The van der Waals surface area contributed by atoms with Gasteiger partial charge in [-0.1, -0.05) is 24.3 Å². The Morgan fingerprint density at radius 1 is 0.963 bits per heavy atom. The van der Waals surface area contributed by atoms with Crippen LogP contribution in [0, 0.1) is 0 Å². The molecule has 0 bridgehead atoms. The highest BCUT2D eigenvalue weighted by Gasteiger charge is 2.31. The van der Waals surface area contributed by atoms with Gasteiger partial charge in [0.15, 0.2) is 16.6 Å². The molecular formula is C21H22N2O3S. The molecule has 6 heteroatoms. The minimum Gasteiger partial charge on any atom is -0.493 e. The highest BCUT2D eigenvalue weighted by Crippen LogP contribution is 2.44. The first-order valence-electron chi connectivity index (χ1n) is 8.85. The Kier molecular flexibility index (Phi) is 4.66. The summed E-state index contributed by atoms with van der Waals surface area (Å²) in [5.41, 5.74) is 5.99. The third kappa shape index (κ3) is 3.00. The largest absolute Gasteiger partial charge is 0.493 e. The molecular weight excluding hydrogens is 360 g/mol. The quantitative estimate of drug-likeness (QED) is 0.789. The van der Waals surface area contributed by atoms with Gasteiger partial charge < -0.3 is 24.8 Å². The highest BCUT2D eigenvalue weighted by atomic mass is 32.1. The van der Waals surface area contributed by atoms with Gasteiger partial charge in [0.25, 0.3) is 0 Å². The number of hydrogen-bond acceptors (Lipinski definition) is 4. The number of rotatable bonds is 4. The maximum Gasteiger partial charge on any atom is 0.203 e. The Balaban J connectivity index is 1.86. The molecule has 2 aromatic rings. The summed E-state index contributed by atoms with van der Waals surface area (Å²) in [6.45, 7) is 0. The van der Waals surface area contributed by atoms with E-state index in [1.165, 1.54) is 16.7 Å². The number of hydrogen-bond donors (Lipinski definition) is 2. The molecule has 2 N–H and O–H groups in total. The number of fused-ring (bicyclic) bond motifs is 2. The maximum atomic E-state index is 5.53. The van der Waals surface area contributed by atoms with Crippen LogP contribution in [0.25, 0.3) is 5.70 Å². The lowest BCUT2D eigenvalue weighted by Gasteiger charge is -2.36. The van der Waals surface area contributed by atoms with Crippen molar-refractivity contribution in [3.05, 3.63) is 58.7 Å². The molecule has 4 rings (SSSR count). The summed E-state index contributed by atoms with van der Waals surface area (Å²) in [6, 6.07) is 12.4. The summed E-state index contributed by atoms with van der Waals surface area (Å²) in [5, 5.41) is 7.40. The topological polar surface area (TPSA) is 51.8 Å². The third-order valence-electron chi connectivity index (χ3n) is 5.15. The Bertz CT molecular complexity index is 914. The summed E-state index contributed by atoms with van der Waals surface area (Å²) in [6.07, 6.45) is 1.96. The first kappa shape index (κ1) is 17.7. The molecule has 1 aliphatic carbocycles.